The molecule has 3 nitrogen and oxygen atoms in total. The quantitative estimate of drug-likeness (QED) is 0.368. The van der Waals surface area contributed by atoms with Crippen LogP contribution in [0.15, 0.2) is 30.1 Å². The summed E-state index contributed by atoms with van der Waals surface area (Å²) >= 11 is 6.03. The van der Waals surface area contributed by atoms with Gasteiger partial charge in [0.25, 0.3) is 0 Å². The number of hydrogen-bond donors (Lipinski definition) is 0. The average molecular weight is 263 g/mol. The normalized spacial score (nSPS) is 21.1. The van der Waals surface area contributed by atoms with E-state index in [1.165, 1.54) is 0 Å². The maximum absolute atomic E-state index is 6.03. The maximum atomic E-state index is 6.03. The van der Waals surface area contributed by atoms with Gasteiger partial charge in [0.1, 0.15) is 13.0 Å². The highest BCUT2D eigenvalue weighted by Gasteiger charge is 2.25. The van der Waals surface area contributed by atoms with Crippen LogP contribution in [0.5, 0.6) is 0 Å². The Kier molecular flexibility index (Phi) is 2.72. The summed E-state index contributed by atoms with van der Waals surface area (Å²) in [5, 5.41) is 6.00. The first-order valence-corrected chi connectivity index (χ1v) is 7.03. The summed E-state index contributed by atoms with van der Waals surface area (Å²) in [6.45, 7) is 2.25. The van der Waals surface area contributed by atoms with Crippen molar-refractivity contribution in [3.05, 3.63) is 35.3 Å². The number of rotatable bonds is 3. The minimum atomic E-state index is 0.533. The fraction of sp³-hybridized carbons (Fsp3) is 0.273. The highest BCUT2D eigenvalue weighted by atomic mass is 35.5. The van der Waals surface area contributed by atoms with Crippen LogP contribution in [0.4, 0.5) is 0 Å². The molecule has 2 aromatic heterocycles. The first kappa shape index (κ1) is 11.2. The molecule has 86 valence electrons. The lowest BCUT2D eigenvalue weighted by atomic mass is 9.97. The van der Waals surface area contributed by atoms with Crippen molar-refractivity contribution in [2.24, 2.45) is 0 Å². The van der Waals surface area contributed by atoms with E-state index in [4.69, 9.17) is 11.6 Å². The zero-order valence-corrected chi connectivity index (χ0v) is 11.4. The molecule has 0 aromatic carbocycles. The van der Waals surface area contributed by atoms with E-state index < -0.39 is 0 Å². The zero-order valence-electron chi connectivity index (χ0n) is 9.68. The molecule has 0 radical (unpaired) electrons. The molecule has 6 heteroatoms. The lowest BCUT2D eigenvalue weighted by Gasteiger charge is -2.08. The molecule has 0 N–H and O–H groups in total. The van der Waals surface area contributed by atoms with Crippen LogP contribution in [-0.2, 0) is 0 Å². The number of halogens is 1. The summed E-state index contributed by atoms with van der Waals surface area (Å²) in [5.41, 5.74) is 3.04. The first-order valence-electron chi connectivity index (χ1n) is 5.63. The van der Waals surface area contributed by atoms with Gasteiger partial charge in [-0.3, -0.25) is 4.45 Å². The summed E-state index contributed by atoms with van der Waals surface area (Å²) in [6, 6.07) is 1.89. The van der Waals surface area contributed by atoms with Crippen LogP contribution in [0, 0.1) is 0 Å². The van der Waals surface area contributed by atoms with Crippen molar-refractivity contribution in [2.45, 2.75) is 18.4 Å². The van der Waals surface area contributed by atoms with Crippen molar-refractivity contribution < 1.29 is 0 Å². The van der Waals surface area contributed by atoms with E-state index in [0.717, 1.165) is 10.9 Å². The Morgan fingerprint density at radius 1 is 1.59 bits per heavy atom. The van der Waals surface area contributed by atoms with E-state index in [-0.39, 0.29) is 0 Å². The molecule has 3 unspecified atom stereocenters. The largest absolute Gasteiger partial charge is 0.254 e. The SMILES string of the molecule is BC1C=C1C(C)Pn1cc2c(Cl)nccc2n1. The third kappa shape index (κ3) is 2.12. The number of pyridine rings is 1. The Hall–Kier alpha value is -0.855. The van der Waals surface area contributed by atoms with E-state index in [0.29, 0.717) is 25.4 Å². The lowest BCUT2D eigenvalue weighted by Crippen LogP contribution is -1.97. The molecule has 3 atom stereocenters. The van der Waals surface area contributed by atoms with Crippen LogP contribution in [0.1, 0.15) is 6.92 Å². The molecule has 0 fully saturated rings. The fourth-order valence-electron chi connectivity index (χ4n) is 2.03. The van der Waals surface area contributed by atoms with Gasteiger partial charge in [-0.1, -0.05) is 30.2 Å². The summed E-state index contributed by atoms with van der Waals surface area (Å²) < 4.78 is 1.99. The van der Waals surface area contributed by atoms with Gasteiger partial charge in [-0.25, -0.2) is 4.98 Å². The maximum Gasteiger partial charge on any atom is 0.140 e. The van der Waals surface area contributed by atoms with Crippen LogP contribution in [0.3, 0.4) is 0 Å². The van der Waals surface area contributed by atoms with E-state index in [1.807, 2.05) is 16.7 Å². The molecule has 0 saturated heterocycles. The Morgan fingerprint density at radius 2 is 2.35 bits per heavy atom. The van der Waals surface area contributed by atoms with E-state index in [9.17, 15) is 0 Å². The van der Waals surface area contributed by atoms with Crippen molar-refractivity contribution in [3.63, 3.8) is 0 Å². The fourth-order valence-corrected chi connectivity index (χ4v) is 3.51. The Balaban J connectivity index is 1.86. The smallest absolute Gasteiger partial charge is 0.140 e. The van der Waals surface area contributed by atoms with Gasteiger partial charge in [0, 0.05) is 26.8 Å². The van der Waals surface area contributed by atoms with Crippen molar-refractivity contribution in [2.75, 3.05) is 0 Å². The number of nitrogens with zero attached hydrogens (tertiary/aromatic N) is 3. The first-order chi connectivity index (χ1) is 8.15. The zero-order chi connectivity index (χ0) is 12.0. The second-order valence-electron chi connectivity index (χ2n) is 4.41. The predicted molar refractivity (Wildman–Crippen MR) is 76.1 cm³/mol. The van der Waals surface area contributed by atoms with Crippen molar-refractivity contribution in [3.8, 4) is 0 Å². The molecule has 3 rings (SSSR count). The molecule has 0 aliphatic heterocycles. The van der Waals surface area contributed by atoms with Crippen LogP contribution in [-0.4, -0.2) is 28.0 Å². The van der Waals surface area contributed by atoms with Crippen LogP contribution in [0.2, 0.25) is 11.0 Å². The second kappa shape index (κ2) is 4.11. The number of allylic oxidation sites excluding steroid dienone is 2. The summed E-state index contributed by atoms with van der Waals surface area (Å²) in [5.74, 6) is 0.688. The van der Waals surface area contributed by atoms with Gasteiger partial charge < -0.3 is 0 Å². The number of fused-ring (bicyclic) bond motifs is 1. The highest BCUT2D eigenvalue weighted by Crippen LogP contribution is 2.42. The average Bonchev–Trinajstić information content (AvgIpc) is 2.87. The van der Waals surface area contributed by atoms with Crippen LogP contribution < -0.4 is 0 Å². The van der Waals surface area contributed by atoms with E-state index >= 15 is 0 Å². The standard InChI is InChI=1S/C11H12BClN3P/c1-6(7-4-9(7)12)17-16-5-8-10(15-16)2-3-14-11(8)13/h2-6,9,17H,12H2,1H3. The van der Waals surface area contributed by atoms with Gasteiger partial charge >= 0.3 is 0 Å². The number of aromatic nitrogens is 3. The second-order valence-corrected chi connectivity index (χ2v) is 6.35. The van der Waals surface area contributed by atoms with Gasteiger partial charge in [-0.2, -0.15) is 5.10 Å². The summed E-state index contributed by atoms with van der Waals surface area (Å²) in [7, 11) is 2.87. The van der Waals surface area contributed by atoms with Gasteiger partial charge in [0.15, 0.2) is 0 Å². The molecule has 1 aliphatic rings. The molecular formula is C11H12BClN3P. The van der Waals surface area contributed by atoms with Crippen molar-refractivity contribution in [1.82, 2.24) is 14.5 Å². The summed E-state index contributed by atoms with van der Waals surface area (Å²) in [4.78, 5) is 4.06. The number of hydrogen-bond acceptors (Lipinski definition) is 2. The topological polar surface area (TPSA) is 30.7 Å². The van der Waals surface area contributed by atoms with Gasteiger partial charge in [0.2, 0.25) is 0 Å². The molecule has 0 spiro atoms. The molecule has 17 heavy (non-hydrogen) atoms. The summed E-state index contributed by atoms with van der Waals surface area (Å²) in [6.07, 6.45) is 6.00. The third-order valence-electron chi connectivity index (χ3n) is 3.07. The third-order valence-corrected chi connectivity index (χ3v) is 4.59. The monoisotopic (exact) mass is 263 g/mol. The van der Waals surface area contributed by atoms with Crippen molar-refractivity contribution >= 4 is 39.1 Å². The molecule has 0 amide bonds. The van der Waals surface area contributed by atoms with Crippen molar-refractivity contribution in [1.29, 1.82) is 0 Å². The highest BCUT2D eigenvalue weighted by molar-refractivity contribution is 7.37. The molecular weight excluding hydrogens is 251 g/mol. The predicted octanol–water partition coefficient (Wildman–Crippen LogP) is 2.28. The molecule has 1 aliphatic carbocycles. The van der Waals surface area contributed by atoms with Crippen LogP contribution in [0.25, 0.3) is 10.9 Å². The van der Waals surface area contributed by atoms with Crippen LogP contribution >= 0.6 is 20.3 Å². The van der Waals surface area contributed by atoms with Gasteiger partial charge in [-0.05, 0) is 11.9 Å². The molecule has 2 aromatic rings. The minimum absolute atomic E-state index is 0.533. The van der Waals surface area contributed by atoms with Gasteiger partial charge in [0.05, 0.1) is 10.9 Å². The molecule has 0 saturated carbocycles. The van der Waals surface area contributed by atoms with E-state index in [1.54, 1.807) is 11.8 Å². The Morgan fingerprint density at radius 3 is 3.00 bits per heavy atom. The Labute approximate surface area is 107 Å². The lowest BCUT2D eigenvalue weighted by molar-refractivity contribution is 0.994. The minimum Gasteiger partial charge on any atom is -0.254 e. The Bertz CT molecular complexity index is 610. The van der Waals surface area contributed by atoms with E-state index in [2.05, 4.69) is 30.9 Å². The van der Waals surface area contributed by atoms with Gasteiger partial charge in [-0.15, -0.1) is 0 Å². The molecule has 2 heterocycles. The molecule has 0 bridgehead atoms.